The molecule has 0 bridgehead atoms. The average molecular weight is 283 g/mol. The van der Waals surface area contributed by atoms with Crippen molar-refractivity contribution < 1.29 is 14.6 Å². The summed E-state index contributed by atoms with van der Waals surface area (Å²) >= 11 is 0. The molecule has 1 atom stereocenters. The maximum Gasteiger partial charge on any atom is 0.171 e. The summed E-state index contributed by atoms with van der Waals surface area (Å²) in [6.45, 7) is 8.97. The molecule has 0 radical (unpaired) electrons. The van der Waals surface area contributed by atoms with Crippen LogP contribution in [0.4, 0.5) is 0 Å². The molecule has 0 spiro atoms. The fourth-order valence-electron chi connectivity index (χ4n) is 3.89. The zero-order valence-corrected chi connectivity index (χ0v) is 13.5. The summed E-state index contributed by atoms with van der Waals surface area (Å²) in [6.07, 6.45) is 3.96. The first kappa shape index (κ1) is 15.9. The topological polar surface area (TPSA) is 49.8 Å². The minimum absolute atomic E-state index is 0.132. The van der Waals surface area contributed by atoms with Crippen LogP contribution in [-0.4, -0.2) is 52.7 Å². The lowest BCUT2D eigenvalue weighted by molar-refractivity contribution is -0.132. The predicted octanol–water partition coefficient (Wildman–Crippen LogP) is 2.00. The van der Waals surface area contributed by atoms with Crippen LogP contribution in [-0.2, 0) is 9.53 Å². The molecular weight excluding hydrogens is 254 g/mol. The average Bonchev–Trinajstić information content (AvgIpc) is 2.74. The van der Waals surface area contributed by atoms with E-state index in [0.29, 0.717) is 13.1 Å². The third-order valence-electron chi connectivity index (χ3n) is 4.86. The van der Waals surface area contributed by atoms with Gasteiger partial charge < -0.3 is 14.7 Å². The fraction of sp³-hybridized carbons (Fsp3) is 0.938. The van der Waals surface area contributed by atoms with Gasteiger partial charge in [0.1, 0.15) is 5.60 Å². The number of rotatable bonds is 4. The zero-order chi connectivity index (χ0) is 15.2. The van der Waals surface area contributed by atoms with Crippen LogP contribution in [0.1, 0.15) is 53.4 Å². The van der Waals surface area contributed by atoms with E-state index < -0.39 is 16.8 Å². The molecular formula is C16H29NO3. The van der Waals surface area contributed by atoms with E-state index >= 15 is 0 Å². The minimum atomic E-state index is -0.695. The molecule has 1 aliphatic carbocycles. The molecule has 0 aromatic rings. The first-order valence-corrected chi connectivity index (χ1v) is 7.71. The van der Waals surface area contributed by atoms with Crippen molar-refractivity contribution in [1.82, 2.24) is 4.90 Å². The van der Waals surface area contributed by atoms with Gasteiger partial charge in [-0.3, -0.25) is 4.79 Å². The number of nitrogens with zero attached hydrogens (tertiary/aromatic N) is 1. The van der Waals surface area contributed by atoms with Crippen molar-refractivity contribution in [2.75, 3.05) is 20.1 Å². The summed E-state index contributed by atoms with van der Waals surface area (Å²) < 4.78 is 5.92. The van der Waals surface area contributed by atoms with Gasteiger partial charge in [-0.25, -0.2) is 0 Å². The first-order valence-electron chi connectivity index (χ1n) is 7.71. The maximum atomic E-state index is 12.5. The molecule has 1 unspecified atom stereocenters. The SMILES string of the molecule is CN(CC1C(=O)C(C)(C)OC1(C)C)CC1(O)CCCC1. The highest BCUT2D eigenvalue weighted by Crippen LogP contribution is 2.39. The van der Waals surface area contributed by atoms with E-state index in [1.54, 1.807) is 0 Å². The monoisotopic (exact) mass is 283 g/mol. The second kappa shape index (κ2) is 5.08. The number of Topliss-reactive ketones (excluding diaryl/α,β-unsaturated/α-hetero) is 1. The molecule has 1 saturated heterocycles. The van der Waals surface area contributed by atoms with Crippen molar-refractivity contribution in [2.45, 2.75) is 70.2 Å². The number of ether oxygens (including phenoxy) is 1. The van der Waals surface area contributed by atoms with Gasteiger partial charge in [0.15, 0.2) is 5.78 Å². The minimum Gasteiger partial charge on any atom is -0.389 e. The third-order valence-corrected chi connectivity index (χ3v) is 4.86. The Morgan fingerprint density at radius 1 is 1.25 bits per heavy atom. The Labute approximate surface area is 122 Å². The molecule has 2 rings (SSSR count). The van der Waals surface area contributed by atoms with E-state index in [2.05, 4.69) is 4.90 Å². The highest BCUT2D eigenvalue weighted by atomic mass is 16.5. The second-order valence-corrected chi connectivity index (χ2v) is 7.76. The summed E-state index contributed by atoms with van der Waals surface area (Å²) in [4.78, 5) is 14.6. The lowest BCUT2D eigenvalue weighted by Crippen LogP contribution is -2.45. The zero-order valence-electron chi connectivity index (χ0n) is 13.5. The summed E-state index contributed by atoms with van der Waals surface area (Å²) in [5.74, 6) is 0.0419. The Kier molecular flexibility index (Phi) is 4.04. The Morgan fingerprint density at radius 3 is 2.25 bits per heavy atom. The van der Waals surface area contributed by atoms with Gasteiger partial charge in [0.25, 0.3) is 0 Å². The van der Waals surface area contributed by atoms with Crippen LogP contribution in [0, 0.1) is 5.92 Å². The van der Waals surface area contributed by atoms with Gasteiger partial charge >= 0.3 is 0 Å². The molecule has 116 valence electrons. The number of carbonyl (C=O) groups excluding carboxylic acids is 1. The van der Waals surface area contributed by atoms with Crippen LogP contribution in [0.5, 0.6) is 0 Å². The molecule has 1 N–H and O–H groups in total. The molecule has 4 heteroatoms. The molecule has 1 aliphatic heterocycles. The number of ketones is 1. The third kappa shape index (κ3) is 3.07. The van der Waals surface area contributed by atoms with Gasteiger partial charge in [-0.2, -0.15) is 0 Å². The Bertz CT molecular complexity index is 383. The number of carbonyl (C=O) groups is 1. The van der Waals surface area contributed by atoms with Crippen molar-refractivity contribution >= 4 is 5.78 Å². The molecule has 0 aromatic heterocycles. The van der Waals surface area contributed by atoms with Crippen molar-refractivity contribution in [3.05, 3.63) is 0 Å². The highest BCUT2D eigenvalue weighted by Gasteiger charge is 2.53. The van der Waals surface area contributed by atoms with E-state index in [0.717, 1.165) is 25.7 Å². The molecule has 1 saturated carbocycles. The van der Waals surface area contributed by atoms with E-state index in [1.165, 1.54) is 0 Å². The molecule has 0 aromatic carbocycles. The maximum absolute atomic E-state index is 12.5. The van der Waals surface area contributed by atoms with Crippen LogP contribution in [0.2, 0.25) is 0 Å². The number of aliphatic hydroxyl groups is 1. The summed E-state index contributed by atoms with van der Waals surface area (Å²) in [7, 11) is 1.99. The van der Waals surface area contributed by atoms with Crippen molar-refractivity contribution in [2.24, 2.45) is 5.92 Å². The summed E-state index contributed by atoms with van der Waals surface area (Å²) in [5, 5.41) is 10.5. The number of hydrogen-bond donors (Lipinski definition) is 1. The molecule has 2 fully saturated rings. The van der Waals surface area contributed by atoms with Gasteiger partial charge in [-0.1, -0.05) is 12.8 Å². The molecule has 2 aliphatic rings. The first-order chi connectivity index (χ1) is 9.06. The highest BCUT2D eigenvalue weighted by molar-refractivity contribution is 5.91. The van der Waals surface area contributed by atoms with Gasteiger partial charge in [-0.15, -0.1) is 0 Å². The van der Waals surface area contributed by atoms with Crippen LogP contribution in [0.3, 0.4) is 0 Å². The lowest BCUT2D eigenvalue weighted by Gasteiger charge is -2.33. The molecule has 0 amide bonds. The second-order valence-electron chi connectivity index (χ2n) is 7.76. The van der Waals surface area contributed by atoms with Crippen molar-refractivity contribution in [3.63, 3.8) is 0 Å². The van der Waals surface area contributed by atoms with Crippen LogP contribution in [0.25, 0.3) is 0 Å². The predicted molar refractivity (Wildman–Crippen MR) is 78.7 cm³/mol. The molecule has 1 heterocycles. The van der Waals surface area contributed by atoms with Crippen LogP contribution in [0.15, 0.2) is 0 Å². The Balaban J connectivity index is 2.00. The number of hydrogen-bond acceptors (Lipinski definition) is 4. The van der Waals surface area contributed by atoms with Gasteiger partial charge in [0.2, 0.25) is 0 Å². The Morgan fingerprint density at radius 2 is 1.80 bits per heavy atom. The standard InChI is InChI=1S/C16H29NO3/c1-14(2)12(13(18)15(3,4)20-14)10-17(5)11-16(19)8-6-7-9-16/h12,19H,6-11H2,1-5H3. The fourth-order valence-corrected chi connectivity index (χ4v) is 3.89. The normalized spacial score (nSPS) is 31.1. The van der Waals surface area contributed by atoms with Crippen LogP contribution < -0.4 is 0 Å². The van der Waals surface area contributed by atoms with E-state index in [-0.39, 0.29) is 11.7 Å². The van der Waals surface area contributed by atoms with Crippen molar-refractivity contribution in [1.29, 1.82) is 0 Å². The molecule has 20 heavy (non-hydrogen) atoms. The van der Waals surface area contributed by atoms with Gasteiger partial charge in [0, 0.05) is 13.1 Å². The van der Waals surface area contributed by atoms with E-state index in [4.69, 9.17) is 4.74 Å². The Hall–Kier alpha value is -0.450. The quantitative estimate of drug-likeness (QED) is 0.857. The summed E-state index contributed by atoms with van der Waals surface area (Å²) in [6, 6.07) is 0. The van der Waals surface area contributed by atoms with Crippen LogP contribution >= 0.6 is 0 Å². The van der Waals surface area contributed by atoms with E-state index in [1.807, 2.05) is 34.7 Å². The number of likely N-dealkylation sites (N-methyl/N-ethyl adjacent to an activating group) is 1. The largest absolute Gasteiger partial charge is 0.389 e. The summed E-state index contributed by atoms with van der Waals surface area (Å²) in [5.41, 5.74) is -1.69. The van der Waals surface area contributed by atoms with Gasteiger partial charge in [0.05, 0.1) is 17.1 Å². The lowest BCUT2D eigenvalue weighted by atomic mass is 9.85. The van der Waals surface area contributed by atoms with Gasteiger partial charge in [-0.05, 0) is 47.6 Å². The van der Waals surface area contributed by atoms with E-state index in [9.17, 15) is 9.90 Å². The molecule has 4 nitrogen and oxygen atoms in total. The van der Waals surface area contributed by atoms with Crippen molar-refractivity contribution in [3.8, 4) is 0 Å². The smallest absolute Gasteiger partial charge is 0.171 e.